The van der Waals surface area contributed by atoms with Gasteiger partial charge in [-0.25, -0.2) is 4.98 Å². The number of aromatic nitrogens is 1. The van der Waals surface area contributed by atoms with Crippen LogP contribution in [0.1, 0.15) is 19.0 Å². The van der Waals surface area contributed by atoms with Crippen molar-refractivity contribution < 1.29 is 14.3 Å². The highest BCUT2D eigenvalue weighted by Gasteiger charge is 1.97. The molecule has 86 valence electrons. The quantitative estimate of drug-likeness (QED) is 0.714. The number of rotatable bonds is 5. The van der Waals surface area contributed by atoms with E-state index >= 15 is 0 Å². The van der Waals surface area contributed by atoms with Crippen molar-refractivity contribution in [1.29, 1.82) is 0 Å². The standard InChI is InChI=1S/C12H15NO3/c1-3-16-12(14)9-5-7-10-6-4-8-11(13-10)15-2/h4-8H,3,9H2,1-2H3. The van der Waals surface area contributed by atoms with E-state index in [1.54, 1.807) is 32.3 Å². The number of methoxy groups -OCH3 is 1. The molecule has 0 aliphatic rings. The van der Waals surface area contributed by atoms with E-state index in [0.717, 1.165) is 5.69 Å². The lowest BCUT2D eigenvalue weighted by molar-refractivity contribution is -0.142. The van der Waals surface area contributed by atoms with E-state index in [2.05, 4.69) is 4.98 Å². The molecule has 0 bridgehead atoms. The summed E-state index contributed by atoms with van der Waals surface area (Å²) in [6, 6.07) is 5.45. The first-order valence-corrected chi connectivity index (χ1v) is 5.09. The Morgan fingerprint density at radius 2 is 2.31 bits per heavy atom. The third-order valence-electron chi connectivity index (χ3n) is 1.83. The number of pyridine rings is 1. The molecule has 0 unspecified atom stereocenters. The van der Waals surface area contributed by atoms with Crippen LogP contribution in [0.3, 0.4) is 0 Å². The van der Waals surface area contributed by atoms with Crippen LogP contribution in [0.4, 0.5) is 0 Å². The van der Waals surface area contributed by atoms with Crippen LogP contribution < -0.4 is 4.74 Å². The monoisotopic (exact) mass is 221 g/mol. The van der Waals surface area contributed by atoms with Gasteiger partial charge >= 0.3 is 5.97 Å². The second-order valence-corrected chi connectivity index (χ2v) is 3.02. The van der Waals surface area contributed by atoms with Crippen molar-refractivity contribution in [2.24, 2.45) is 0 Å². The maximum Gasteiger partial charge on any atom is 0.309 e. The average molecular weight is 221 g/mol. The Morgan fingerprint density at radius 1 is 1.50 bits per heavy atom. The smallest absolute Gasteiger partial charge is 0.309 e. The van der Waals surface area contributed by atoms with Gasteiger partial charge in [0.15, 0.2) is 0 Å². The molecule has 0 radical (unpaired) electrons. The maximum absolute atomic E-state index is 11.0. The molecule has 0 saturated heterocycles. The molecule has 0 N–H and O–H groups in total. The molecule has 1 rings (SSSR count). The summed E-state index contributed by atoms with van der Waals surface area (Å²) in [5.74, 6) is 0.319. The lowest BCUT2D eigenvalue weighted by Crippen LogP contribution is -2.01. The van der Waals surface area contributed by atoms with Gasteiger partial charge in [0, 0.05) is 6.07 Å². The Balaban J connectivity index is 2.52. The molecule has 0 spiro atoms. The second-order valence-electron chi connectivity index (χ2n) is 3.02. The summed E-state index contributed by atoms with van der Waals surface area (Å²) in [6.07, 6.45) is 3.74. The van der Waals surface area contributed by atoms with Gasteiger partial charge in [0.2, 0.25) is 5.88 Å². The van der Waals surface area contributed by atoms with Gasteiger partial charge < -0.3 is 9.47 Å². The lowest BCUT2D eigenvalue weighted by Gasteiger charge is -1.99. The van der Waals surface area contributed by atoms with E-state index < -0.39 is 0 Å². The summed E-state index contributed by atoms with van der Waals surface area (Å²) in [4.78, 5) is 15.2. The molecule has 0 aliphatic heterocycles. The fourth-order valence-electron chi connectivity index (χ4n) is 1.13. The molecule has 16 heavy (non-hydrogen) atoms. The molecular formula is C12H15NO3. The first kappa shape index (κ1) is 12.2. The first-order valence-electron chi connectivity index (χ1n) is 5.09. The summed E-state index contributed by atoms with van der Waals surface area (Å²) in [6.45, 7) is 2.19. The number of carbonyl (C=O) groups excluding carboxylic acids is 1. The van der Waals surface area contributed by atoms with Gasteiger partial charge in [0.05, 0.1) is 25.8 Å². The van der Waals surface area contributed by atoms with Gasteiger partial charge in [0.25, 0.3) is 0 Å². The summed E-state index contributed by atoms with van der Waals surface area (Å²) < 4.78 is 9.77. The Morgan fingerprint density at radius 3 is 3.00 bits per heavy atom. The summed E-state index contributed by atoms with van der Waals surface area (Å²) in [5.41, 5.74) is 0.753. The lowest BCUT2D eigenvalue weighted by atomic mass is 10.3. The molecule has 1 heterocycles. The zero-order valence-electron chi connectivity index (χ0n) is 9.47. The van der Waals surface area contributed by atoms with Gasteiger partial charge in [-0.1, -0.05) is 12.1 Å². The number of hydrogen-bond donors (Lipinski definition) is 0. The number of nitrogens with zero attached hydrogens (tertiary/aromatic N) is 1. The summed E-state index contributed by atoms with van der Waals surface area (Å²) in [5, 5.41) is 0. The molecule has 0 saturated carbocycles. The van der Waals surface area contributed by atoms with E-state index in [-0.39, 0.29) is 12.4 Å². The van der Waals surface area contributed by atoms with Crippen molar-refractivity contribution in [3.05, 3.63) is 30.0 Å². The largest absolute Gasteiger partial charge is 0.481 e. The predicted octanol–water partition coefficient (Wildman–Crippen LogP) is 2.06. The highest BCUT2D eigenvalue weighted by Crippen LogP contribution is 2.08. The first-order chi connectivity index (χ1) is 7.76. The molecule has 0 amide bonds. The summed E-state index contributed by atoms with van der Waals surface area (Å²) in [7, 11) is 1.56. The van der Waals surface area contributed by atoms with Crippen molar-refractivity contribution >= 4 is 12.0 Å². The Hall–Kier alpha value is -1.84. The Kier molecular flexibility index (Phi) is 5.05. The molecule has 4 nitrogen and oxygen atoms in total. The van der Waals surface area contributed by atoms with Crippen LogP contribution in [0.25, 0.3) is 6.08 Å². The van der Waals surface area contributed by atoms with Gasteiger partial charge in [-0.2, -0.15) is 0 Å². The molecule has 0 aromatic carbocycles. The fraction of sp³-hybridized carbons (Fsp3) is 0.333. The molecule has 1 aromatic rings. The highest BCUT2D eigenvalue weighted by molar-refractivity contribution is 5.72. The minimum atomic E-state index is -0.235. The van der Waals surface area contributed by atoms with Crippen LogP contribution in [0.5, 0.6) is 5.88 Å². The van der Waals surface area contributed by atoms with Crippen molar-refractivity contribution in [1.82, 2.24) is 4.98 Å². The average Bonchev–Trinajstić information content (AvgIpc) is 2.30. The van der Waals surface area contributed by atoms with Crippen LogP contribution in [0.15, 0.2) is 24.3 Å². The molecule has 0 atom stereocenters. The number of carbonyl (C=O) groups is 1. The van der Waals surface area contributed by atoms with Gasteiger partial charge in [0.1, 0.15) is 0 Å². The van der Waals surface area contributed by atoms with Crippen LogP contribution >= 0.6 is 0 Å². The van der Waals surface area contributed by atoms with Crippen molar-refractivity contribution in [2.75, 3.05) is 13.7 Å². The number of ether oxygens (including phenoxy) is 2. The Labute approximate surface area is 94.9 Å². The van der Waals surface area contributed by atoms with Crippen LogP contribution in [-0.4, -0.2) is 24.7 Å². The van der Waals surface area contributed by atoms with Crippen molar-refractivity contribution in [3.8, 4) is 5.88 Å². The second kappa shape index (κ2) is 6.61. The molecule has 0 fully saturated rings. The van der Waals surface area contributed by atoms with Gasteiger partial charge in [-0.15, -0.1) is 0 Å². The van der Waals surface area contributed by atoms with Gasteiger partial charge in [-0.3, -0.25) is 4.79 Å². The molecule has 1 aromatic heterocycles. The predicted molar refractivity (Wildman–Crippen MR) is 61.1 cm³/mol. The minimum absolute atomic E-state index is 0.235. The van der Waals surface area contributed by atoms with E-state index in [1.165, 1.54) is 0 Å². The van der Waals surface area contributed by atoms with Crippen LogP contribution in [-0.2, 0) is 9.53 Å². The minimum Gasteiger partial charge on any atom is -0.481 e. The van der Waals surface area contributed by atoms with Crippen LogP contribution in [0, 0.1) is 0 Å². The highest BCUT2D eigenvalue weighted by atomic mass is 16.5. The van der Waals surface area contributed by atoms with E-state index in [0.29, 0.717) is 12.5 Å². The van der Waals surface area contributed by atoms with Gasteiger partial charge in [-0.05, 0) is 19.1 Å². The van der Waals surface area contributed by atoms with E-state index in [1.807, 2.05) is 12.1 Å². The van der Waals surface area contributed by atoms with E-state index in [4.69, 9.17) is 9.47 Å². The molecular weight excluding hydrogens is 206 g/mol. The van der Waals surface area contributed by atoms with E-state index in [9.17, 15) is 4.79 Å². The number of hydrogen-bond acceptors (Lipinski definition) is 4. The third-order valence-corrected chi connectivity index (χ3v) is 1.83. The van der Waals surface area contributed by atoms with Crippen molar-refractivity contribution in [3.63, 3.8) is 0 Å². The third kappa shape index (κ3) is 4.13. The zero-order valence-corrected chi connectivity index (χ0v) is 9.47. The zero-order chi connectivity index (χ0) is 11.8. The van der Waals surface area contributed by atoms with Crippen molar-refractivity contribution in [2.45, 2.75) is 13.3 Å². The maximum atomic E-state index is 11.0. The topological polar surface area (TPSA) is 48.4 Å². The summed E-state index contributed by atoms with van der Waals surface area (Å²) >= 11 is 0. The SMILES string of the molecule is CCOC(=O)CC=Cc1cccc(OC)n1. The number of esters is 1. The molecule has 0 aliphatic carbocycles. The Bertz CT molecular complexity index is 374. The normalized spacial score (nSPS) is 10.4. The fourth-order valence-corrected chi connectivity index (χ4v) is 1.13. The van der Waals surface area contributed by atoms with Crippen LogP contribution in [0.2, 0.25) is 0 Å². The molecule has 4 heteroatoms.